The van der Waals surface area contributed by atoms with Gasteiger partial charge < -0.3 is 4.90 Å². The number of nitrogens with one attached hydrogen (secondary N) is 1. The number of aromatic nitrogens is 2. The summed E-state index contributed by atoms with van der Waals surface area (Å²) in [5.74, 6) is -0.308. The summed E-state index contributed by atoms with van der Waals surface area (Å²) in [5.41, 5.74) is 5.08. The number of nitrogens with zero attached hydrogens (tertiary/aromatic N) is 4. The van der Waals surface area contributed by atoms with E-state index < -0.39 is 6.04 Å². The van der Waals surface area contributed by atoms with Gasteiger partial charge in [-0.25, -0.2) is 9.97 Å². The Kier molecular flexibility index (Phi) is 6.12. The molecule has 3 aliphatic rings. The number of amides is 3. The maximum atomic E-state index is 13.0. The molecular formula is C28H29N5O3S. The second-order valence-electron chi connectivity index (χ2n) is 10.4. The number of imide groups is 1. The van der Waals surface area contributed by atoms with E-state index in [0.29, 0.717) is 24.4 Å². The van der Waals surface area contributed by atoms with Gasteiger partial charge in [-0.2, -0.15) is 0 Å². The Morgan fingerprint density at radius 2 is 2.00 bits per heavy atom. The van der Waals surface area contributed by atoms with Gasteiger partial charge in [0.2, 0.25) is 11.8 Å². The average molecular weight is 516 g/mol. The Bertz CT molecular complexity index is 1460. The van der Waals surface area contributed by atoms with Gasteiger partial charge in [-0.05, 0) is 47.6 Å². The first-order valence-corrected chi connectivity index (χ1v) is 13.6. The van der Waals surface area contributed by atoms with Gasteiger partial charge in [0.25, 0.3) is 5.91 Å². The molecule has 3 aliphatic heterocycles. The molecule has 0 bridgehead atoms. The minimum atomic E-state index is -0.584. The molecule has 8 nitrogen and oxygen atoms in total. The number of rotatable bonds is 5. The van der Waals surface area contributed by atoms with Gasteiger partial charge in [0.1, 0.15) is 17.2 Å². The largest absolute Gasteiger partial charge is 0.322 e. The topological polar surface area (TPSA) is 95.5 Å². The number of benzene rings is 1. The number of carbonyl (C=O) groups excluding carboxylic acids is 3. The van der Waals surface area contributed by atoms with Gasteiger partial charge in [-0.1, -0.05) is 32.1 Å². The lowest BCUT2D eigenvalue weighted by atomic mass is 10.0. The normalized spacial score (nSPS) is 20.5. The third kappa shape index (κ3) is 4.46. The van der Waals surface area contributed by atoms with Crippen LogP contribution in [0.3, 0.4) is 0 Å². The van der Waals surface area contributed by atoms with Crippen molar-refractivity contribution >= 4 is 44.8 Å². The number of fused-ring (bicyclic) bond motifs is 2. The first-order chi connectivity index (χ1) is 17.9. The molecule has 1 unspecified atom stereocenters. The van der Waals surface area contributed by atoms with Crippen LogP contribution in [0.2, 0.25) is 0 Å². The van der Waals surface area contributed by atoms with Crippen LogP contribution in [0.25, 0.3) is 15.8 Å². The first kappa shape index (κ1) is 23.9. The molecule has 1 N–H and O–H groups in total. The molecule has 1 saturated heterocycles. The molecule has 3 amide bonds. The van der Waals surface area contributed by atoms with Crippen LogP contribution < -0.4 is 5.32 Å². The van der Waals surface area contributed by atoms with Crippen molar-refractivity contribution < 1.29 is 14.4 Å². The Labute approximate surface area is 219 Å². The SMILES string of the molecule is CC(C)c1cc2c(C3=CCN(Cc4ccc5c(c4)CN(C4CCC(=O)NC4=O)C5=O)CC3)ncnc2s1. The third-order valence-electron chi connectivity index (χ3n) is 7.51. The van der Waals surface area contributed by atoms with Crippen molar-refractivity contribution in [1.82, 2.24) is 25.1 Å². The van der Waals surface area contributed by atoms with E-state index in [1.165, 1.54) is 10.5 Å². The van der Waals surface area contributed by atoms with Crippen LogP contribution in [0.4, 0.5) is 0 Å². The average Bonchev–Trinajstić information content (AvgIpc) is 3.46. The standard InChI is InChI=1S/C28H29N5O3S/c1-16(2)23-12-21-25(29-15-30-27(21)37-23)18-7-9-32(10-8-18)13-17-3-4-20-19(11-17)14-33(28(20)36)22-5-6-24(34)31-26(22)35/h3-4,7,11-12,15-16,22H,5-6,8-10,13-14H2,1-2H3,(H,31,34,35). The van der Waals surface area contributed by atoms with Gasteiger partial charge in [0.15, 0.2) is 0 Å². The molecule has 1 fully saturated rings. The van der Waals surface area contributed by atoms with Gasteiger partial charge in [-0.3, -0.25) is 24.6 Å². The number of hydrogen-bond donors (Lipinski definition) is 1. The van der Waals surface area contributed by atoms with E-state index >= 15 is 0 Å². The molecule has 190 valence electrons. The monoisotopic (exact) mass is 515 g/mol. The van der Waals surface area contributed by atoms with Crippen LogP contribution in [-0.4, -0.2) is 56.6 Å². The van der Waals surface area contributed by atoms with E-state index in [2.05, 4.69) is 52.2 Å². The number of piperidine rings is 1. The summed E-state index contributed by atoms with van der Waals surface area (Å²) in [5, 5.41) is 3.51. The highest BCUT2D eigenvalue weighted by Gasteiger charge is 2.39. The van der Waals surface area contributed by atoms with Crippen molar-refractivity contribution in [2.24, 2.45) is 0 Å². The zero-order valence-electron chi connectivity index (χ0n) is 21.0. The van der Waals surface area contributed by atoms with Gasteiger partial charge >= 0.3 is 0 Å². The van der Waals surface area contributed by atoms with Crippen molar-refractivity contribution in [1.29, 1.82) is 0 Å². The Balaban J connectivity index is 1.14. The predicted molar refractivity (Wildman–Crippen MR) is 142 cm³/mol. The highest BCUT2D eigenvalue weighted by molar-refractivity contribution is 7.18. The lowest BCUT2D eigenvalue weighted by molar-refractivity contribution is -0.136. The van der Waals surface area contributed by atoms with Crippen LogP contribution in [0, 0.1) is 0 Å². The van der Waals surface area contributed by atoms with Crippen molar-refractivity contribution in [3.63, 3.8) is 0 Å². The van der Waals surface area contributed by atoms with Gasteiger partial charge in [0.05, 0.1) is 5.69 Å². The summed E-state index contributed by atoms with van der Waals surface area (Å²) in [4.78, 5) is 52.3. The predicted octanol–water partition coefficient (Wildman–Crippen LogP) is 3.87. The van der Waals surface area contributed by atoms with Crippen molar-refractivity contribution in [2.45, 2.75) is 58.2 Å². The van der Waals surface area contributed by atoms with E-state index in [1.54, 1.807) is 22.6 Å². The molecule has 5 heterocycles. The maximum Gasteiger partial charge on any atom is 0.255 e. The smallest absolute Gasteiger partial charge is 0.255 e. The molecule has 3 aromatic rings. The lowest BCUT2D eigenvalue weighted by Crippen LogP contribution is -2.52. The lowest BCUT2D eigenvalue weighted by Gasteiger charge is -2.29. The molecule has 6 rings (SSSR count). The Hall–Kier alpha value is -3.43. The number of thiophene rings is 1. The fourth-order valence-corrected chi connectivity index (χ4v) is 6.47. The van der Waals surface area contributed by atoms with Gasteiger partial charge in [-0.15, -0.1) is 11.3 Å². The van der Waals surface area contributed by atoms with Crippen LogP contribution in [0.5, 0.6) is 0 Å². The zero-order chi connectivity index (χ0) is 25.7. The van der Waals surface area contributed by atoms with Crippen LogP contribution >= 0.6 is 11.3 Å². The third-order valence-corrected chi connectivity index (χ3v) is 8.85. The fourth-order valence-electron chi connectivity index (χ4n) is 5.47. The summed E-state index contributed by atoms with van der Waals surface area (Å²) in [6.45, 7) is 7.37. The number of hydrogen-bond acceptors (Lipinski definition) is 7. The number of carbonyl (C=O) groups is 3. The minimum Gasteiger partial charge on any atom is -0.322 e. The molecule has 0 aliphatic carbocycles. The molecule has 0 radical (unpaired) electrons. The molecule has 0 spiro atoms. The van der Waals surface area contributed by atoms with E-state index in [-0.39, 0.29) is 24.1 Å². The summed E-state index contributed by atoms with van der Waals surface area (Å²) in [7, 11) is 0. The van der Waals surface area contributed by atoms with E-state index in [1.807, 2.05) is 12.1 Å². The Morgan fingerprint density at radius 1 is 1.14 bits per heavy atom. The first-order valence-electron chi connectivity index (χ1n) is 12.8. The van der Waals surface area contributed by atoms with Crippen LogP contribution in [0.15, 0.2) is 36.7 Å². The van der Waals surface area contributed by atoms with Crippen molar-refractivity contribution in [3.8, 4) is 0 Å². The summed E-state index contributed by atoms with van der Waals surface area (Å²) in [6, 6.07) is 7.64. The van der Waals surface area contributed by atoms with Crippen LogP contribution in [0.1, 0.15) is 71.1 Å². The summed E-state index contributed by atoms with van der Waals surface area (Å²) < 4.78 is 0. The van der Waals surface area contributed by atoms with Gasteiger partial charge in [0, 0.05) is 48.4 Å². The van der Waals surface area contributed by atoms with E-state index in [0.717, 1.165) is 53.1 Å². The summed E-state index contributed by atoms with van der Waals surface area (Å²) >= 11 is 1.75. The highest BCUT2D eigenvalue weighted by Crippen LogP contribution is 2.35. The van der Waals surface area contributed by atoms with Crippen molar-refractivity contribution in [2.75, 3.05) is 13.1 Å². The molecule has 2 aromatic heterocycles. The fraction of sp³-hybridized carbons (Fsp3) is 0.393. The quantitative estimate of drug-likeness (QED) is 0.519. The van der Waals surface area contributed by atoms with E-state index in [9.17, 15) is 14.4 Å². The molecule has 1 aromatic carbocycles. The highest BCUT2D eigenvalue weighted by atomic mass is 32.1. The second kappa shape index (κ2) is 9.46. The second-order valence-corrected chi connectivity index (χ2v) is 11.4. The molecular weight excluding hydrogens is 486 g/mol. The summed E-state index contributed by atoms with van der Waals surface area (Å²) in [6.07, 6.45) is 5.52. The Morgan fingerprint density at radius 3 is 2.76 bits per heavy atom. The maximum absolute atomic E-state index is 13.0. The van der Waals surface area contributed by atoms with E-state index in [4.69, 9.17) is 0 Å². The zero-order valence-corrected chi connectivity index (χ0v) is 21.8. The molecule has 9 heteroatoms. The van der Waals surface area contributed by atoms with Crippen LogP contribution in [-0.2, 0) is 22.7 Å². The minimum absolute atomic E-state index is 0.133. The molecule has 37 heavy (non-hydrogen) atoms. The van der Waals surface area contributed by atoms with Crippen molar-refractivity contribution in [3.05, 3.63) is 63.9 Å². The molecule has 0 saturated carbocycles. The molecule has 1 atom stereocenters.